The number of hydrogen-bond acceptors (Lipinski definition) is 4. The van der Waals surface area contributed by atoms with Crippen LogP contribution in [-0.2, 0) is 4.74 Å². The van der Waals surface area contributed by atoms with Crippen molar-refractivity contribution in [3.8, 4) is 0 Å². The number of anilines is 1. The van der Waals surface area contributed by atoms with Crippen LogP contribution in [0.3, 0.4) is 0 Å². The summed E-state index contributed by atoms with van der Waals surface area (Å²) in [6.45, 7) is 4.58. The van der Waals surface area contributed by atoms with Crippen LogP contribution >= 0.6 is 0 Å². The molecule has 138 valence electrons. The van der Waals surface area contributed by atoms with Crippen molar-refractivity contribution in [2.45, 2.75) is 56.8 Å². The summed E-state index contributed by atoms with van der Waals surface area (Å²) >= 11 is 0. The molecule has 2 aliphatic heterocycles. The number of ether oxygens (including phenoxy) is 1. The van der Waals surface area contributed by atoms with Gasteiger partial charge in [0.2, 0.25) is 0 Å². The Balaban J connectivity index is 1.26. The molecule has 2 heterocycles. The van der Waals surface area contributed by atoms with E-state index >= 15 is 0 Å². The van der Waals surface area contributed by atoms with Crippen molar-refractivity contribution in [1.82, 2.24) is 4.90 Å². The van der Waals surface area contributed by atoms with Gasteiger partial charge in [-0.3, -0.25) is 4.90 Å². The highest BCUT2D eigenvalue weighted by Gasteiger charge is 2.38. The Kier molecular flexibility index (Phi) is 5.59. The third kappa shape index (κ3) is 4.36. The van der Waals surface area contributed by atoms with Crippen LogP contribution in [0, 0.1) is 5.92 Å². The van der Waals surface area contributed by atoms with Gasteiger partial charge in [0.25, 0.3) is 0 Å². The molecule has 1 aromatic rings. The molecule has 0 amide bonds. The first-order valence-corrected chi connectivity index (χ1v) is 10.1. The Labute approximate surface area is 151 Å². The SMILES string of the molecule is O[C@@H](COC1CCCCC1)CN1CC2CC(C1)N(c1ccccc1)C2. The van der Waals surface area contributed by atoms with Crippen LogP contribution in [-0.4, -0.2) is 61.0 Å². The summed E-state index contributed by atoms with van der Waals surface area (Å²) in [6, 6.07) is 11.4. The number of rotatable bonds is 6. The van der Waals surface area contributed by atoms with Gasteiger partial charge in [-0.15, -0.1) is 0 Å². The molecular formula is C21H32N2O2. The average molecular weight is 344 g/mol. The monoisotopic (exact) mass is 344 g/mol. The number of likely N-dealkylation sites (tertiary alicyclic amines) is 1. The summed E-state index contributed by atoms with van der Waals surface area (Å²) in [5.41, 5.74) is 1.35. The van der Waals surface area contributed by atoms with Gasteiger partial charge in [0.05, 0.1) is 18.8 Å². The van der Waals surface area contributed by atoms with Crippen LogP contribution in [0.2, 0.25) is 0 Å². The zero-order chi connectivity index (χ0) is 17.1. The lowest BCUT2D eigenvalue weighted by atomic mass is 9.98. The lowest BCUT2D eigenvalue weighted by molar-refractivity contribution is -0.0357. The normalized spacial score (nSPS) is 29.1. The van der Waals surface area contributed by atoms with Crippen molar-refractivity contribution >= 4 is 5.69 Å². The van der Waals surface area contributed by atoms with Crippen LogP contribution in [0.5, 0.6) is 0 Å². The number of piperidine rings is 1. The summed E-state index contributed by atoms with van der Waals surface area (Å²) in [7, 11) is 0. The molecular weight excluding hydrogens is 312 g/mol. The standard InChI is InChI=1S/C21H32N2O2/c24-20(16-25-21-9-5-2-6-10-21)15-22-12-17-11-19(14-22)23(13-17)18-7-3-1-4-8-18/h1,3-4,7-8,17,19-21,24H,2,5-6,9-16H2/t17?,19?,20-/m1/s1. The first kappa shape index (κ1) is 17.3. The number of fused-ring (bicyclic) bond motifs is 2. The third-order valence-corrected chi connectivity index (χ3v) is 6.12. The Bertz CT molecular complexity index is 532. The second-order valence-corrected chi connectivity index (χ2v) is 8.21. The van der Waals surface area contributed by atoms with E-state index in [1.54, 1.807) is 0 Å². The Hall–Kier alpha value is -1.10. The van der Waals surface area contributed by atoms with E-state index in [0.717, 1.165) is 32.1 Å². The molecule has 3 atom stereocenters. The van der Waals surface area contributed by atoms with Gasteiger partial charge in [-0.25, -0.2) is 0 Å². The highest BCUT2D eigenvalue weighted by Crippen LogP contribution is 2.33. The Morgan fingerprint density at radius 3 is 2.64 bits per heavy atom. The number of para-hydroxylation sites is 1. The fourth-order valence-electron chi connectivity index (χ4n) is 4.97. The molecule has 1 aromatic carbocycles. The van der Waals surface area contributed by atoms with Crippen LogP contribution in [0.25, 0.3) is 0 Å². The summed E-state index contributed by atoms with van der Waals surface area (Å²) < 4.78 is 5.96. The quantitative estimate of drug-likeness (QED) is 0.861. The first-order chi connectivity index (χ1) is 12.3. The molecule has 1 saturated carbocycles. The summed E-state index contributed by atoms with van der Waals surface area (Å²) in [5.74, 6) is 0.727. The second-order valence-electron chi connectivity index (χ2n) is 8.21. The first-order valence-electron chi connectivity index (χ1n) is 10.1. The predicted octanol–water partition coefficient (Wildman–Crippen LogP) is 2.91. The molecule has 2 unspecified atom stereocenters. The van der Waals surface area contributed by atoms with Gasteiger partial charge in [0.1, 0.15) is 0 Å². The van der Waals surface area contributed by atoms with Gasteiger partial charge in [0, 0.05) is 37.9 Å². The largest absolute Gasteiger partial charge is 0.389 e. The molecule has 4 heteroatoms. The molecule has 0 aromatic heterocycles. The maximum atomic E-state index is 10.4. The highest BCUT2D eigenvalue weighted by molar-refractivity contribution is 5.48. The van der Waals surface area contributed by atoms with Gasteiger partial charge in [-0.1, -0.05) is 37.5 Å². The minimum absolute atomic E-state index is 0.357. The van der Waals surface area contributed by atoms with E-state index in [1.807, 2.05) is 0 Å². The van der Waals surface area contributed by atoms with Crippen molar-refractivity contribution in [3.63, 3.8) is 0 Å². The minimum atomic E-state index is -0.357. The van der Waals surface area contributed by atoms with Gasteiger partial charge in [-0.05, 0) is 37.3 Å². The number of aliphatic hydroxyl groups is 1. The molecule has 1 N–H and O–H groups in total. The number of β-amino-alcohol motifs (C(OH)–C–C–N with tert-alkyl or cyclic N) is 1. The van der Waals surface area contributed by atoms with Crippen molar-refractivity contribution in [1.29, 1.82) is 0 Å². The third-order valence-electron chi connectivity index (χ3n) is 6.12. The summed E-state index contributed by atoms with van der Waals surface area (Å²) in [6.07, 6.45) is 7.58. The summed E-state index contributed by atoms with van der Waals surface area (Å²) in [5, 5.41) is 10.4. The lowest BCUT2D eigenvalue weighted by Gasteiger charge is -2.34. The van der Waals surface area contributed by atoms with Gasteiger partial charge >= 0.3 is 0 Å². The van der Waals surface area contributed by atoms with E-state index in [2.05, 4.69) is 40.1 Å². The second kappa shape index (κ2) is 8.07. The zero-order valence-electron chi connectivity index (χ0n) is 15.2. The van der Waals surface area contributed by atoms with Crippen molar-refractivity contribution in [3.05, 3.63) is 30.3 Å². The topological polar surface area (TPSA) is 35.9 Å². The van der Waals surface area contributed by atoms with E-state index in [1.165, 1.54) is 44.2 Å². The van der Waals surface area contributed by atoms with Crippen molar-refractivity contribution < 1.29 is 9.84 Å². The molecule has 0 spiro atoms. The van der Waals surface area contributed by atoms with Crippen molar-refractivity contribution in [2.24, 2.45) is 5.92 Å². The smallest absolute Gasteiger partial charge is 0.0900 e. The minimum Gasteiger partial charge on any atom is -0.389 e. The molecule has 1 aliphatic carbocycles. The number of benzene rings is 1. The highest BCUT2D eigenvalue weighted by atomic mass is 16.5. The molecule has 3 aliphatic rings. The molecule has 4 rings (SSSR count). The van der Waals surface area contributed by atoms with E-state index < -0.39 is 0 Å². The Morgan fingerprint density at radius 2 is 1.84 bits per heavy atom. The summed E-state index contributed by atoms with van der Waals surface area (Å²) in [4.78, 5) is 5.02. The van der Waals surface area contributed by atoms with E-state index in [-0.39, 0.29) is 6.10 Å². The zero-order valence-corrected chi connectivity index (χ0v) is 15.2. The molecule has 0 radical (unpaired) electrons. The van der Waals surface area contributed by atoms with Crippen LogP contribution in [0.15, 0.2) is 30.3 Å². The molecule has 25 heavy (non-hydrogen) atoms. The number of aliphatic hydroxyl groups excluding tert-OH is 1. The average Bonchev–Trinajstić information content (AvgIpc) is 2.96. The molecule has 2 bridgehead atoms. The fourth-order valence-corrected chi connectivity index (χ4v) is 4.97. The Morgan fingerprint density at radius 1 is 1.04 bits per heavy atom. The van der Waals surface area contributed by atoms with Crippen LogP contribution < -0.4 is 4.90 Å². The molecule has 2 saturated heterocycles. The maximum absolute atomic E-state index is 10.4. The van der Waals surface area contributed by atoms with E-state index in [4.69, 9.17) is 4.74 Å². The van der Waals surface area contributed by atoms with E-state index in [9.17, 15) is 5.11 Å². The fraction of sp³-hybridized carbons (Fsp3) is 0.714. The molecule has 4 nitrogen and oxygen atoms in total. The number of hydrogen-bond donors (Lipinski definition) is 1. The lowest BCUT2D eigenvalue weighted by Crippen LogP contribution is -2.46. The van der Waals surface area contributed by atoms with Crippen molar-refractivity contribution in [2.75, 3.05) is 37.7 Å². The van der Waals surface area contributed by atoms with E-state index in [0.29, 0.717) is 18.8 Å². The maximum Gasteiger partial charge on any atom is 0.0900 e. The van der Waals surface area contributed by atoms with Crippen LogP contribution in [0.4, 0.5) is 5.69 Å². The predicted molar refractivity (Wildman–Crippen MR) is 101 cm³/mol. The van der Waals surface area contributed by atoms with Gasteiger partial charge in [-0.2, -0.15) is 0 Å². The van der Waals surface area contributed by atoms with Gasteiger partial charge in [0.15, 0.2) is 0 Å². The number of nitrogens with zero attached hydrogens (tertiary/aromatic N) is 2. The van der Waals surface area contributed by atoms with Gasteiger partial charge < -0.3 is 14.7 Å². The van der Waals surface area contributed by atoms with Crippen LogP contribution in [0.1, 0.15) is 38.5 Å². The molecule has 3 fully saturated rings.